The molecular formula is C76H53F3N2O2S. The first-order chi connectivity index (χ1) is 41.1. The summed E-state index contributed by atoms with van der Waals surface area (Å²) in [6.45, 7) is 4.11. The molecule has 0 aliphatic carbocycles. The summed E-state index contributed by atoms with van der Waals surface area (Å²) in [4.78, 5) is 0. The van der Waals surface area contributed by atoms with E-state index in [0.717, 1.165) is 118 Å². The number of rotatable bonds is 13. The Morgan fingerprint density at radius 3 is 1.02 bits per heavy atom. The Morgan fingerprint density at radius 2 is 0.655 bits per heavy atom. The molecule has 0 saturated carbocycles. The number of ether oxygens (including phenoxy) is 2. The molecule has 84 heavy (non-hydrogen) atoms. The van der Waals surface area contributed by atoms with Gasteiger partial charge in [-0.2, -0.15) is 21.9 Å². The van der Waals surface area contributed by atoms with Crippen molar-refractivity contribution in [3.8, 4) is 129 Å². The van der Waals surface area contributed by atoms with Gasteiger partial charge in [-0.05, 0) is 156 Å². The Hall–Kier alpha value is -10.2. The van der Waals surface area contributed by atoms with Crippen LogP contribution in [0.3, 0.4) is 0 Å². The molecular weight excluding hydrogens is 1060 g/mol. The summed E-state index contributed by atoms with van der Waals surface area (Å²) in [6.07, 6.45) is -4.59. The Labute approximate surface area is 490 Å². The van der Waals surface area contributed by atoms with Crippen LogP contribution in [0.2, 0.25) is 0 Å². The number of halogens is 3. The lowest BCUT2D eigenvalue weighted by Gasteiger charge is -2.29. The number of alkyl halides is 3. The Balaban J connectivity index is 0.873. The van der Waals surface area contributed by atoms with E-state index in [1.54, 1.807) is 12.1 Å². The predicted octanol–water partition coefficient (Wildman–Crippen LogP) is 21.8. The van der Waals surface area contributed by atoms with E-state index in [-0.39, 0.29) is 5.75 Å². The third kappa shape index (κ3) is 10.3. The predicted molar refractivity (Wildman–Crippen MR) is 339 cm³/mol. The lowest BCUT2D eigenvalue weighted by molar-refractivity contribution is -0.138. The van der Waals surface area contributed by atoms with Gasteiger partial charge in [-0.25, -0.2) is 0 Å². The van der Waals surface area contributed by atoms with Gasteiger partial charge in [-0.3, -0.25) is 0 Å². The summed E-state index contributed by atoms with van der Waals surface area (Å²) < 4.78 is 62.7. The molecule has 0 aliphatic rings. The Bertz CT molecular complexity index is 4390. The summed E-state index contributed by atoms with van der Waals surface area (Å²) in [5.41, 5.74) is 23.1. The number of aryl methyl sites for hydroxylation is 2. The van der Waals surface area contributed by atoms with Crippen LogP contribution in [0.15, 0.2) is 267 Å². The molecule has 0 N–H and O–H groups in total. The summed E-state index contributed by atoms with van der Waals surface area (Å²) in [6, 6.07) is 92.0. The molecule has 0 fully saturated rings. The number of methoxy groups -OCH3 is 1. The van der Waals surface area contributed by atoms with Crippen molar-refractivity contribution >= 4 is 22.8 Å². The van der Waals surface area contributed by atoms with Gasteiger partial charge in [0.25, 0.3) is 0 Å². The molecule has 13 rings (SSSR count). The maximum absolute atomic E-state index is 14.0. The van der Waals surface area contributed by atoms with Gasteiger partial charge in [0.05, 0.1) is 24.4 Å². The van der Waals surface area contributed by atoms with E-state index in [2.05, 4.69) is 222 Å². The van der Waals surface area contributed by atoms with Crippen LogP contribution in [0, 0.1) is 13.8 Å². The molecule has 1 heterocycles. The number of nitrogens with zero attached hydrogens (tertiary/aromatic N) is 2. The monoisotopic (exact) mass is 1110 g/mol. The summed E-state index contributed by atoms with van der Waals surface area (Å²) in [5, 5.41) is 0. The molecule has 0 atom stereocenters. The Kier molecular flexibility index (Phi) is 14.3. The average molecular weight is 1120 g/mol. The second-order valence-corrected chi connectivity index (χ2v) is 21.4. The fraction of sp³-hybridized carbons (Fsp3) is 0.0526. The molecule has 0 bridgehead atoms. The van der Waals surface area contributed by atoms with Crippen LogP contribution >= 0.6 is 11.7 Å². The van der Waals surface area contributed by atoms with Gasteiger partial charge < -0.3 is 9.47 Å². The van der Waals surface area contributed by atoms with Crippen molar-refractivity contribution < 1.29 is 22.6 Å². The highest BCUT2D eigenvalue weighted by molar-refractivity contribution is 7.00. The third-order valence-corrected chi connectivity index (χ3v) is 16.1. The van der Waals surface area contributed by atoms with Crippen molar-refractivity contribution in [3.05, 3.63) is 284 Å². The van der Waals surface area contributed by atoms with E-state index in [1.807, 2.05) is 43.3 Å². The first kappa shape index (κ1) is 53.2. The molecule has 406 valence electrons. The van der Waals surface area contributed by atoms with Crippen molar-refractivity contribution in [3.63, 3.8) is 0 Å². The van der Waals surface area contributed by atoms with Crippen molar-refractivity contribution in [2.75, 3.05) is 7.11 Å². The number of hydrogen-bond acceptors (Lipinski definition) is 5. The highest BCUT2D eigenvalue weighted by Gasteiger charge is 2.35. The number of benzene rings is 12. The fourth-order valence-electron chi connectivity index (χ4n) is 11.5. The van der Waals surface area contributed by atoms with Gasteiger partial charge in [-0.1, -0.05) is 236 Å². The van der Waals surface area contributed by atoms with Crippen molar-refractivity contribution in [2.24, 2.45) is 0 Å². The van der Waals surface area contributed by atoms with E-state index in [0.29, 0.717) is 33.7 Å². The zero-order valence-electron chi connectivity index (χ0n) is 46.2. The molecule has 0 radical (unpaired) electrons. The highest BCUT2D eigenvalue weighted by atomic mass is 32.1. The SMILES string of the molecule is COc1ccc(-c2ccc(-c3ccc(Oc4ccc(-c5ccc(-c6c(-c7ccccc7)c(-c7ccccc7)c(-c7ccc(-c8ccc(C)cc8)cc7)c(-c7ccccc7)c6-c6ccccc6)cc5)cc4)c(C)c3)c3nsnc23)cc1C(F)(F)F. The van der Waals surface area contributed by atoms with Crippen LogP contribution < -0.4 is 9.47 Å². The van der Waals surface area contributed by atoms with Crippen molar-refractivity contribution in [1.29, 1.82) is 0 Å². The summed E-state index contributed by atoms with van der Waals surface area (Å²) in [5.74, 6) is 1.14. The van der Waals surface area contributed by atoms with Crippen molar-refractivity contribution in [1.82, 2.24) is 8.75 Å². The topological polar surface area (TPSA) is 44.2 Å². The molecule has 1 aromatic heterocycles. The van der Waals surface area contributed by atoms with Gasteiger partial charge in [-0.15, -0.1) is 0 Å². The molecule has 0 saturated heterocycles. The first-order valence-electron chi connectivity index (χ1n) is 27.7. The maximum Gasteiger partial charge on any atom is 0.419 e. The van der Waals surface area contributed by atoms with E-state index >= 15 is 0 Å². The fourth-order valence-corrected chi connectivity index (χ4v) is 12.1. The molecule has 0 unspecified atom stereocenters. The minimum absolute atomic E-state index is 0.239. The van der Waals surface area contributed by atoms with Crippen molar-refractivity contribution in [2.45, 2.75) is 20.0 Å². The minimum Gasteiger partial charge on any atom is -0.496 e. The van der Waals surface area contributed by atoms with Gasteiger partial charge >= 0.3 is 6.18 Å². The molecule has 0 spiro atoms. The van der Waals surface area contributed by atoms with E-state index < -0.39 is 11.7 Å². The van der Waals surface area contributed by atoms with Gasteiger partial charge in [0, 0.05) is 11.1 Å². The Morgan fingerprint density at radius 1 is 0.333 bits per heavy atom. The molecule has 13 aromatic rings. The molecule has 8 heteroatoms. The van der Waals surface area contributed by atoms with Crippen LogP contribution in [-0.4, -0.2) is 15.9 Å². The van der Waals surface area contributed by atoms with Crippen LogP contribution in [-0.2, 0) is 6.18 Å². The number of fused-ring (bicyclic) bond motifs is 1. The van der Waals surface area contributed by atoms with Gasteiger partial charge in [0.1, 0.15) is 28.3 Å². The second-order valence-electron chi connectivity index (χ2n) is 20.9. The second kappa shape index (κ2) is 22.7. The van der Waals surface area contributed by atoms with Crippen LogP contribution in [0.1, 0.15) is 16.7 Å². The first-order valence-corrected chi connectivity index (χ1v) is 28.4. The zero-order valence-corrected chi connectivity index (χ0v) is 47.0. The molecule has 4 nitrogen and oxygen atoms in total. The normalized spacial score (nSPS) is 11.5. The average Bonchev–Trinajstić information content (AvgIpc) is 2.31. The largest absolute Gasteiger partial charge is 0.496 e. The van der Waals surface area contributed by atoms with Crippen LogP contribution in [0.25, 0.3) is 122 Å². The van der Waals surface area contributed by atoms with E-state index in [1.165, 1.54) is 24.3 Å². The lowest BCUT2D eigenvalue weighted by Crippen LogP contribution is -2.07. The van der Waals surface area contributed by atoms with Gasteiger partial charge in [0.15, 0.2) is 0 Å². The molecule has 12 aromatic carbocycles. The standard InChI is InChI=1S/C76H53F3N2O2S/c1-48-24-26-50(27-25-48)51-28-32-58(33-29-51)72-68(54-16-8-4-9-17-54)70(56-20-12-6-13-21-56)73(71(57-22-14-7-15-23-57)69(72)55-18-10-5-11-19-55)59-34-30-52(31-35-59)53-36-40-62(41-37-53)83-66-44-38-60(46-49(66)2)63-42-43-64(75-74(63)80-84-81-75)61-39-45-67(82-3)65(47-61)76(77,78)79/h4-47H,1-3H3. The smallest absolute Gasteiger partial charge is 0.419 e. The molecule has 0 amide bonds. The van der Waals surface area contributed by atoms with E-state index in [9.17, 15) is 13.2 Å². The lowest BCUT2D eigenvalue weighted by atomic mass is 9.74. The number of hydrogen-bond donors (Lipinski definition) is 0. The van der Waals surface area contributed by atoms with Crippen LogP contribution in [0.4, 0.5) is 13.2 Å². The molecule has 0 aliphatic heterocycles. The highest BCUT2D eigenvalue weighted by Crippen LogP contribution is 2.56. The maximum atomic E-state index is 14.0. The minimum atomic E-state index is -4.59. The summed E-state index contributed by atoms with van der Waals surface area (Å²) in [7, 11) is 1.23. The zero-order chi connectivity index (χ0) is 57.3. The van der Waals surface area contributed by atoms with Gasteiger partial charge in [0.2, 0.25) is 0 Å². The quantitative estimate of drug-likeness (QED) is 0.115. The summed E-state index contributed by atoms with van der Waals surface area (Å²) >= 11 is 1.02. The third-order valence-electron chi connectivity index (χ3n) is 15.6. The van der Waals surface area contributed by atoms with Crippen LogP contribution in [0.5, 0.6) is 17.2 Å². The number of aromatic nitrogens is 2. The van der Waals surface area contributed by atoms with E-state index in [4.69, 9.17) is 9.47 Å².